The molecule has 3 rings (SSSR count). The summed E-state index contributed by atoms with van der Waals surface area (Å²) < 4.78 is 5.61. The molecule has 1 N–H and O–H groups in total. The van der Waals surface area contributed by atoms with E-state index < -0.39 is 0 Å². The first-order valence-electron chi connectivity index (χ1n) is 8.02. The van der Waals surface area contributed by atoms with E-state index in [1.165, 1.54) is 17.3 Å². The first-order chi connectivity index (χ1) is 11.7. The van der Waals surface area contributed by atoms with Crippen LogP contribution in [0.1, 0.15) is 31.0 Å². The van der Waals surface area contributed by atoms with Crippen LogP contribution in [-0.2, 0) is 11.2 Å². The lowest BCUT2D eigenvalue weighted by atomic mass is 10.1. The van der Waals surface area contributed by atoms with E-state index in [0.717, 1.165) is 23.1 Å². The number of hydrogen-bond donors (Lipinski definition) is 1. The van der Waals surface area contributed by atoms with E-state index in [4.69, 9.17) is 4.42 Å². The number of hydrogen-bond acceptors (Lipinski definition) is 4. The first-order valence-corrected chi connectivity index (χ1v) is 9.01. The van der Waals surface area contributed by atoms with Gasteiger partial charge in [0.2, 0.25) is 5.91 Å². The van der Waals surface area contributed by atoms with Crippen molar-refractivity contribution in [3.05, 3.63) is 59.7 Å². The predicted octanol–water partition coefficient (Wildman–Crippen LogP) is 4.36. The van der Waals surface area contributed by atoms with Gasteiger partial charge in [0.25, 0.3) is 5.22 Å². The first kappa shape index (κ1) is 16.6. The summed E-state index contributed by atoms with van der Waals surface area (Å²) in [5.41, 5.74) is 3.95. The molecule has 124 valence electrons. The zero-order valence-electron chi connectivity index (χ0n) is 13.8. The van der Waals surface area contributed by atoms with E-state index in [9.17, 15) is 4.79 Å². The lowest BCUT2D eigenvalue weighted by molar-refractivity contribution is -0.119. The summed E-state index contributed by atoms with van der Waals surface area (Å²) in [4.78, 5) is 16.5. The number of amides is 1. The quantitative estimate of drug-likeness (QED) is 0.677. The third kappa shape index (κ3) is 3.97. The molecule has 1 unspecified atom stereocenters. The van der Waals surface area contributed by atoms with Gasteiger partial charge in [-0.3, -0.25) is 4.79 Å². The van der Waals surface area contributed by atoms with Crippen molar-refractivity contribution in [2.45, 2.75) is 31.5 Å². The molecule has 4 nitrogen and oxygen atoms in total. The summed E-state index contributed by atoms with van der Waals surface area (Å²) >= 11 is 1.31. The van der Waals surface area contributed by atoms with E-state index in [0.29, 0.717) is 5.22 Å². The van der Waals surface area contributed by atoms with Crippen LogP contribution >= 0.6 is 11.8 Å². The number of nitrogens with zero attached hydrogens (tertiary/aromatic N) is 1. The third-order valence-electron chi connectivity index (χ3n) is 3.87. The maximum absolute atomic E-state index is 12.1. The number of aryl methyl sites for hydroxylation is 1. The molecule has 0 bridgehead atoms. The predicted molar refractivity (Wildman–Crippen MR) is 97.1 cm³/mol. The largest absolute Gasteiger partial charge is 0.431 e. The van der Waals surface area contributed by atoms with E-state index in [1.54, 1.807) is 0 Å². The second-order valence-electron chi connectivity index (χ2n) is 5.62. The summed E-state index contributed by atoms with van der Waals surface area (Å²) in [7, 11) is 0. The maximum atomic E-state index is 12.1. The number of oxazole rings is 1. The van der Waals surface area contributed by atoms with Crippen LogP contribution in [0.5, 0.6) is 0 Å². The molecule has 0 spiro atoms. The Morgan fingerprint density at radius 1 is 1.21 bits per heavy atom. The molecule has 0 saturated carbocycles. The van der Waals surface area contributed by atoms with Crippen molar-refractivity contribution in [3.8, 4) is 0 Å². The number of fused-ring (bicyclic) bond motifs is 1. The van der Waals surface area contributed by atoms with E-state index >= 15 is 0 Å². The minimum Gasteiger partial charge on any atom is -0.431 e. The van der Waals surface area contributed by atoms with Crippen LogP contribution in [0.2, 0.25) is 0 Å². The normalized spacial score (nSPS) is 12.2. The van der Waals surface area contributed by atoms with Gasteiger partial charge in [-0.1, -0.05) is 55.1 Å². The van der Waals surface area contributed by atoms with E-state index in [1.807, 2.05) is 31.2 Å². The zero-order chi connectivity index (χ0) is 16.9. The molecule has 1 aromatic heterocycles. The number of thioether (sulfide) groups is 1. The number of carbonyl (C=O) groups excluding carboxylic acids is 1. The Bertz CT molecular complexity index is 794. The Morgan fingerprint density at radius 2 is 1.96 bits per heavy atom. The van der Waals surface area contributed by atoms with Crippen LogP contribution in [0, 0.1) is 0 Å². The van der Waals surface area contributed by atoms with Crippen molar-refractivity contribution in [1.29, 1.82) is 0 Å². The van der Waals surface area contributed by atoms with Gasteiger partial charge in [0.1, 0.15) is 5.52 Å². The molecule has 0 aliphatic heterocycles. The molecule has 5 heteroatoms. The summed E-state index contributed by atoms with van der Waals surface area (Å²) in [6, 6.07) is 15.9. The number of aromatic nitrogens is 1. The number of carbonyl (C=O) groups is 1. The number of rotatable bonds is 6. The average molecular weight is 340 g/mol. The fraction of sp³-hybridized carbons (Fsp3) is 0.263. The highest BCUT2D eigenvalue weighted by Crippen LogP contribution is 2.23. The zero-order valence-corrected chi connectivity index (χ0v) is 14.6. The molecule has 0 radical (unpaired) electrons. The number of nitrogens with one attached hydrogen (secondary N) is 1. The minimum absolute atomic E-state index is 0.0207. The molecule has 1 heterocycles. The Kier molecular flexibility index (Phi) is 5.20. The van der Waals surface area contributed by atoms with Crippen molar-refractivity contribution >= 4 is 28.8 Å². The summed E-state index contributed by atoms with van der Waals surface area (Å²) in [5.74, 6) is 0.249. The molecule has 0 aliphatic carbocycles. The number of para-hydroxylation sites is 2. The summed E-state index contributed by atoms with van der Waals surface area (Å²) in [6.07, 6.45) is 1.02. The van der Waals surface area contributed by atoms with Crippen molar-refractivity contribution < 1.29 is 9.21 Å². The van der Waals surface area contributed by atoms with Gasteiger partial charge in [0, 0.05) is 0 Å². The van der Waals surface area contributed by atoms with Gasteiger partial charge in [-0.2, -0.15) is 0 Å². The highest BCUT2D eigenvalue weighted by molar-refractivity contribution is 7.99. The topological polar surface area (TPSA) is 55.1 Å². The van der Waals surface area contributed by atoms with Crippen LogP contribution in [0.25, 0.3) is 11.1 Å². The standard InChI is InChI=1S/C19H20N2O2S/c1-3-14-8-10-15(11-9-14)13(2)20-18(22)12-24-19-21-16-6-4-5-7-17(16)23-19/h4-11,13H,3,12H2,1-2H3,(H,20,22). The Hall–Kier alpha value is -2.27. The van der Waals surface area contributed by atoms with Crippen molar-refractivity contribution in [2.24, 2.45) is 0 Å². The molecule has 1 amide bonds. The van der Waals surface area contributed by atoms with Crippen molar-refractivity contribution in [1.82, 2.24) is 10.3 Å². The smallest absolute Gasteiger partial charge is 0.257 e. The Morgan fingerprint density at radius 3 is 2.67 bits per heavy atom. The highest BCUT2D eigenvalue weighted by Gasteiger charge is 2.12. The summed E-state index contributed by atoms with van der Waals surface area (Å²) in [6.45, 7) is 4.12. The van der Waals surface area contributed by atoms with Gasteiger partial charge in [0.15, 0.2) is 5.58 Å². The lowest BCUT2D eigenvalue weighted by Crippen LogP contribution is -2.28. The van der Waals surface area contributed by atoms with Crippen LogP contribution in [-0.4, -0.2) is 16.6 Å². The molecular weight excluding hydrogens is 320 g/mol. The third-order valence-corrected chi connectivity index (χ3v) is 4.69. The average Bonchev–Trinajstić information content (AvgIpc) is 3.03. The minimum atomic E-state index is -0.0330. The van der Waals surface area contributed by atoms with Crippen molar-refractivity contribution in [2.75, 3.05) is 5.75 Å². The molecule has 0 fully saturated rings. The van der Waals surface area contributed by atoms with Crippen LogP contribution < -0.4 is 5.32 Å². The fourth-order valence-electron chi connectivity index (χ4n) is 2.45. The highest BCUT2D eigenvalue weighted by atomic mass is 32.2. The fourth-order valence-corrected chi connectivity index (χ4v) is 3.10. The Labute approximate surface area is 145 Å². The second-order valence-corrected chi connectivity index (χ2v) is 6.55. The van der Waals surface area contributed by atoms with Gasteiger partial charge in [-0.05, 0) is 36.6 Å². The second kappa shape index (κ2) is 7.53. The van der Waals surface area contributed by atoms with E-state index in [-0.39, 0.29) is 17.7 Å². The molecule has 24 heavy (non-hydrogen) atoms. The van der Waals surface area contributed by atoms with Crippen molar-refractivity contribution in [3.63, 3.8) is 0 Å². The molecule has 1 atom stereocenters. The summed E-state index contributed by atoms with van der Waals surface area (Å²) in [5, 5.41) is 3.53. The Balaban J connectivity index is 1.54. The van der Waals surface area contributed by atoms with Gasteiger partial charge in [0.05, 0.1) is 11.8 Å². The monoisotopic (exact) mass is 340 g/mol. The van der Waals surface area contributed by atoms with Gasteiger partial charge >= 0.3 is 0 Å². The molecule has 0 aliphatic rings. The molecule has 2 aromatic carbocycles. The van der Waals surface area contributed by atoms with Crippen LogP contribution in [0.15, 0.2) is 58.2 Å². The lowest BCUT2D eigenvalue weighted by Gasteiger charge is -2.14. The SMILES string of the molecule is CCc1ccc(C(C)NC(=O)CSc2nc3ccccc3o2)cc1. The van der Waals surface area contributed by atoms with Crippen LogP contribution in [0.4, 0.5) is 0 Å². The van der Waals surface area contributed by atoms with Crippen LogP contribution in [0.3, 0.4) is 0 Å². The van der Waals surface area contributed by atoms with Gasteiger partial charge in [-0.25, -0.2) is 4.98 Å². The van der Waals surface area contributed by atoms with Gasteiger partial charge in [-0.15, -0.1) is 0 Å². The van der Waals surface area contributed by atoms with E-state index in [2.05, 4.69) is 41.5 Å². The van der Waals surface area contributed by atoms with Gasteiger partial charge < -0.3 is 9.73 Å². The molecule has 0 saturated heterocycles. The maximum Gasteiger partial charge on any atom is 0.257 e. The molecular formula is C19H20N2O2S. The number of benzene rings is 2. The molecule has 3 aromatic rings.